The van der Waals surface area contributed by atoms with Crippen LogP contribution in [-0.4, -0.2) is 29.2 Å². The molecule has 1 aromatic rings. The van der Waals surface area contributed by atoms with Gasteiger partial charge in [0, 0.05) is 5.75 Å². The standard InChI is InChI=1S/C10H10Cl2O3S/c11-7-2-1-3-8(12)10(7)15-4-5-16-6-9(13)14/h1-3H,4-6H2,(H,13,14). The Balaban J connectivity index is 2.34. The number of aliphatic carboxylic acids is 1. The van der Waals surface area contributed by atoms with E-state index in [4.69, 9.17) is 33.0 Å². The predicted octanol–water partition coefficient (Wildman–Crippen LogP) is 3.19. The van der Waals surface area contributed by atoms with Gasteiger partial charge in [-0.3, -0.25) is 4.79 Å². The van der Waals surface area contributed by atoms with Gasteiger partial charge in [0.15, 0.2) is 5.75 Å². The minimum atomic E-state index is -0.833. The highest BCUT2D eigenvalue weighted by Gasteiger charge is 2.06. The fourth-order valence-electron chi connectivity index (χ4n) is 0.983. The van der Waals surface area contributed by atoms with E-state index < -0.39 is 5.97 Å². The Bertz CT molecular complexity index is 351. The van der Waals surface area contributed by atoms with Crippen molar-refractivity contribution in [2.24, 2.45) is 0 Å². The smallest absolute Gasteiger partial charge is 0.313 e. The van der Waals surface area contributed by atoms with E-state index in [0.717, 1.165) is 0 Å². The van der Waals surface area contributed by atoms with Crippen LogP contribution in [-0.2, 0) is 4.79 Å². The molecule has 0 saturated carbocycles. The van der Waals surface area contributed by atoms with E-state index in [-0.39, 0.29) is 5.75 Å². The van der Waals surface area contributed by atoms with Crippen LogP contribution < -0.4 is 4.74 Å². The van der Waals surface area contributed by atoms with Gasteiger partial charge in [-0.05, 0) is 12.1 Å². The Hall–Kier alpha value is -0.580. The number of carboxylic acids is 1. The first-order chi connectivity index (χ1) is 7.61. The summed E-state index contributed by atoms with van der Waals surface area (Å²) < 4.78 is 5.37. The molecule has 0 unspecified atom stereocenters. The van der Waals surface area contributed by atoms with Crippen molar-refractivity contribution in [1.82, 2.24) is 0 Å². The van der Waals surface area contributed by atoms with Crippen LogP contribution in [0.25, 0.3) is 0 Å². The summed E-state index contributed by atoms with van der Waals surface area (Å²) in [7, 11) is 0. The number of halogens is 2. The zero-order valence-corrected chi connectivity index (χ0v) is 10.6. The van der Waals surface area contributed by atoms with E-state index in [2.05, 4.69) is 0 Å². The Morgan fingerprint density at radius 2 is 2.00 bits per heavy atom. The van der Waals surface area contributed by atoms with Crippen LogP contribution in [0.2, 0.25) is 10.0 Å². The maximum Gasteiger partial charge on any atom is 0.313 e. The first kappa shape index (κ1) is 13.5. The maximum atomic E-state index is 10.2. The van der Waals surface area contributed by atoms with Crippen LogP contribution in [0.4, 0.5) is 0 Å². The van der Waals surface area contributed by atoms with Gasteiger partial charge in [0.2, 0.25) is 0 Å². The van der Waals surface area contributed by atoms with Gasteiger partial charge in [-0.1, -0.05) is 29.3 Å². The first-order valence-corrected chi connectivity index (χ1v) is 6.38. The van der Waals surface area contributed by atoms with Crippen LogP contribution >= 0.6 is 35.0 Å². The highest BCUT2D eigenvalue weighted by Crippen LogP contribution is 2.32. The summed E-state index contributed by atoms with van der Waals surface area (Å²) in [5.74, 6) is 0.260. The van der Waals surface area contributed by atoms with Gasteiger partial charge >= 0.3 is 5.97 Å². The molecule has 88 valence electrons. The molecule has 1 N–H and O–H groups in total. The minimum Gasteiger partial charge on any atom is -0.490 e. The molecule has 6 heteroatoms. The summed E-state index contributed by atoms with van der Waals surface area (Å²) in [5, 5.41) is 9.32. The van der Waals surface area contributed by atoms with Crippen molar-refractivity contribution in [1.29, 1.82) is 0 Å². The van der Waals surface area contributed by atoms with E-state index in [1.54, 1.807) is 18.2 Å². The third kappa shape index (κ3) is 4.51. The quantitative estimate of drug-likeness (QED) is 0.813. The average Bonchev–Trinajstić information content (AvgIpc) is 2.21. The monoisotopic (exact) mass is 280 g/mol. The molecule has 0 radical (unpaired) electrons. The second-order valence-corrected chi connectivity index (χ2v) is 4.77. The number of hydrogen-bond acceptors (Lipinski definition) is 3. The van der Waals surface area contributed by atoms with Crippen molar-refractivity contribution in [3.63, 3.8) is 0 Å². The number of benzene rings is 1. The Kier molecular flexibility index (Phi) is 5.80. The predicted molar refractivity (Wildman–Crippen MR) is 66.9 cm³/mol. The number of para-hydroxylation sites is 1. The molecule has 0 saturated heterocycles. The summed E-state index contributed by atoms with van der Waals surface area (Å²) in [6.07, 6.45) is 0. The van der Waals surface area contributed by atoms with E-state index in [9.17, 15) is 4.79 Å². The molecule has 16 heavy (non-hydrogen) atoms. The number of thioether (sulfide) groups is 1. The molecule has 0 aromatic heterocycles. The van der Waals surface area contributed by atoms with Crippen molar-refractivity contribution < 1.29 is 14.6 Å². The lowest BCUT2D eigenvalue weighted by atomic mass is 10.3. The number of carbonyl (C=O) groups is 1. The van der Waals surface area contributed by atoms with Gasteiger partial charge in [0.1, 0.15) is 0 Å². The Morgan fingerprint density at radius 3 is 2.56 bits per heavy atom. The van der Waals surface area contributed by atoms with Crippen molar-refractivity contribution in [3.05, 3.63) is 28.2 Å². The van der Waals surface area contributed by atoms with Gasteiger partial charge < -0.3 is 9.84 Å². The molecule has 0 heterocycles. The van der Waals surface area contributed by atoms with Crippen molar-refractivity contribution in [2.45, 2.75) is 0 Å². The SMILES string of the molecule is O=C(O)CSCCOc1c(Cl)cccc1Cl. The van der Waals surface area contributed by atoms with Crippen LogP contribution in [0, 0.1) is 0 Å². The summed E-state index contributed by atoms with van der Waals surface area (Å²) in [4.78, 5) is 10.2. The van der Waals surface area contributed by atoms with E-state index in [0.29, 0.717) is 28.2 Å². The topological polar surface area (TPSA) is 46.5 Å². The Labute approximate surface area is 108 Å². The lowest BCUT2D eigenvalue weighted by Crippen LogP contribution is -2.05. The van der Waals surface area contributed by atoms with E-state index >= 15 is 0 Å². The second-order valence-electron chi connectivity index (χ2n) is 2.85. The number of rotatable bonds is 6. The average molecular weight is 281 g/mol. The number of hydrogen-bond donors (Lipinski definition) is 1. The molecule has 0 bridgehead atoms. The lowest BCUT2D eigenvalue weighted by Gasteiger charge is -2.08. The zero-order valence-electron chi connectivity index (χ0n) is 8.28. The molecule has 0 aliphatic carbocycles. The minimum absolute atomic E-state index is 0.0691. The highest BCUT2D eigenvalue weighted by molar-refractivity contribution is 7.99. The Morgan fingerprint density at radius 1 is 1.38 bits per heavy atom. The van der Waals surface area contributed by atoms with E-state index in [1.807, 2.05) is 0 Å². The van der Waals surface area contributed by atoms with Crippen LogP contribution in [0.3, 0.4) is 0 Å². The molecule has 0 fully saturated rings. The largest absolute Gasteiger partial charge is 0.490 e. The summed E-state index contributed by atoms with van der Waals surface area (Å²) in [6.45, 7) is 0.376. The molecule has 0 atom stereocenters. The van der Waals surface area contributed by atoms with Gasteiger partial charge in [0.05, 0.1) is 22.4 Å². The highest BCUT2D eigenvalue weighted by atomic mass is 35.5. The maximum absolute atomic E-state index is 10.2. The van der Waals surface area contributed by atoms with Crippen LogP contribution in [0.5, 0.6) is 5.75 Å². The molecule has 0 spiro atoms. The fraction of sp³-hybridized carbons (Fsp3) is 0.300. The first-order valence-electron chi connectivity index (χ1n) is 4.47. The second kappa shape index (κ2) is 6.89. The van der Waals surface area contributed by atoms with Crippen LogP contribution in [0.1, 0.15) is 0 Å². The number of ether oxygens (including phenoxy) is 1. The van der Waals surface area contributed by atoms with E-state index in [1.165, 1.54) is 11.8 Å². The fourth-order valence-corrected chi connectivity index (χ4v) is 2.01. The van der Waals surface area contributed by atoms with Crippen molar-refractivity contribution in [3.8, 4) is 5.75 Å². The normalized spacial score (nSPS) is 10.1. The number of carboxylic acid groups (broad SMARTS) is 1. The summed E-state index contributed by atoms with van der Waals surface area (Å²) >= 11 is 13.0. The molecule has 0 amide bonds. The van der Waals surface area contributed by atoms with Gasteiger partial charge in [-0.2, -0.15) is 0 Å². The molecule has 1 aromatic carbocycles. The molecular weight excluding hydrogens is 271 g/mol. The van der Waals surface area contributed by atoms with Crippen molar-refractivity contribution in [2.75, 3.05) is 18.1 Å². The molecule has 0 aliphatic rings. The molecular formula is C10H10Cl2O3S. The molecule has 3 nitrogen and oxygen atoms in total. The molecule has 0 aliphatic heterocycles. The summed E-state index contributed by atoms with van der Waals surface area (Å²) in [6, 6.07) is 5.11. The lowest BCUT2D eigenvalue weighted by molar-refractivity contribution is -0.133. The zero-order chi connectivity index (χ0) is 12.0. The third-order valence-electron chi connectivity index (χ3n) is 1.62. The van der Waals surface area contributed by atoms with Gasteiger partial charge in [-0.15, -0.1) is 11.8 Å². The van der Waals surface area contributed by atoms with Gasteiger partial charge in [0.25, 0.3) is 0 Å². The molecule has 1 rings (SSSR count). The third-order valence-corrected chi connectivity index (χ3v) is 3.12. The summed E-state index contributed by atoms with van der Waals surface area (Å²) in [5.41, 5.74) is 0. The van der Waals surface area contributed by atoms with Crippen molar-refractivity contribution >= 4 is 40.9 Å². The van der Waals surface area contributed by atoms with Gasteiger partial charge in [-0.25, -0.2) is 0 Å². The van der Waals surface area contributed by atoms with Crippen LogP contribution in [0.15, 0.2) is 18.2 Å².